The summed E-state index contributed by atoms with van der Waals surface area (Å²) in [4.78, 5) is 25.2. The van der Waals surface area contributed by atoms with E-state index in [1.807, 2.05) is 43.3 Å². The molecule has 0 aliphatic rings. The quantitative estimate of drug-likeness (QED) is 0.197. The van der Waals surface area contributed by atoms with Crippen LogP contribution >= 0.6 is 0 Å². The zero-order valence-electron chi connectivity index (χ0n) is 19.7. The first-order valence-corrected chi connectivity index (χ1v) is 10.4. The van der Waals surface area contributed by atoms with Crippen molar-refractivity contribution in [1.29, 1.82) is 5.26 Å². The van der Waals surface area contributed by atoms with Gasteiger partial charge in [0.05, 0.1) is 27.9 Å². The van der Waals surface area contributed by atoms with E-state index >= 15 is 0 Å². The number of benzene rings is 2. The first-order chi connectivity index (χ1) is 16.4. The third-order valence-electron chi connectivity index (χ3n) is 4.73. The van der Waals surface area contributed by atoms with Gasteiger partial charge in [-0.2, -0.15) is 5.26 Å². The molecule has 10 heteroatoms. The molecule has 0 aliphatic carbocycles. The predicted molar refractivity (Wildman–Crippen MR) is 124 cm³/mol. The molecular formula is C24H28N4O6. The fraction of sp³-hybridized carbons (Fsp3) is 0.292. The number of hydrazine groups is 1. The summed E-state index contributed by atoms with van der Waals surface area (Å²) in [7, 11) is 4.33. The average Bonchev–Trinajstić information content (AvgIpc) is 2.86. The molecule has 3 N–H and O–H groups in total. The van der Waals surface area contributed by atoms with Gasteiger partial charge in [0.1, 0.15) is 11.9 Å². The minimum Gasteiger partial charge on any atom is -0.493 e. The van der Waals surface area contributed by atoms with Crippen molar-refractivity contribution in [3.05, 3.63) is 65.0 Å². The van der Waals surface area contributed by atoms with Crippen LogP contribution < -0.4 is 30.4 Å². The topological polar surface area (TPSA) is 131 Å². The van der Waals surface area contributed by atoms with E-state index in [0.29, 0.717) is 17.2 Å². The molecule has 1 amide bonds. The Labute approximate surface area is 198 Å². The summed E-state index contributed by atoms with van der Waals surface area (Å²) in [6.07, 6.45) is 0. The van der Waals surface area contributed by atoms with Crippen molar-refractivity contribution in [3.63, 3.8) is 0 Å². The molecule has 0 aliphatic heterocycles. The van der Waals surface area contributed by atoms with Gasteiger partial charge in [-0.05, 0) is 31.5 Å². The number of esters is 1. The smallest absolute Gasteiger partial charge is 0.352 e. The zero-order chi connectivity index (χ0) is 25.1. The molecule has 180 valence electrons. The maximum Gasteiger partial charge on any atom is 0.352 e. The lowest BCUT2D eigenvalue weighted by Gasteiger charge is -2.21. The van der Waals surface area contributed by atoms with Gasteiger partial charge >= 0.3 is 5.97 Å². The minimum atomic E-state index is -0.831. The summed E-state index contributed by atoms with van der Waals surface area (Å²) in [5, 5.41) is 12.7. The van der Waals surface area contributed by atoms with E-state index in [-0.39, 0.29) is 29.6 Å². The van der Waals surface area contributed by atoms with Crippen molar-refractivity contribution in [3.8, 4) is 23.3 Å². The fourth-order valence-corrected chi connectivity index (χ4v) is 3.02. The Morgan fingerprint density at radius 2 is 1.62 bits per heavy atom. The van der Waals surface area contributed by atoms with Crippen LogP contribution in [-0.2, 0) is 9.53 Å². The first-order valence-electron chi connectivity index (χ1n) is 10.4. The molecule has 0 spiro atoms. The second-order valence-electron chi connectivity index (χ2n) is 6.85. The lowest BCUT2D eigenvalue weighted by Crippen LogP contribution is -2.43. The van der Waals surface area contributed by atoms with Gasteiger partial charge in [0.25, 0.3) is 5.91 Å². The van der Waals surface area contributed by atoms with E-state index in [1.54, 1.807) is 6.92 Å². The lowest BCUT2D eigenvalue weighted by atomic mass is 10.1. The van der Waals surface area contributed by atoms with Gasteiger partial charge in [-0.1, -0.05) is 30.3 Å². The van der Waals surface area contributed by atoms with Gasteiger partial charge in [-0.25, -0.2) is 4.79 Å². The summed E-state index contributed by atoms with van der Waals surface area (Å²) in [5.41, 5.74) is 5.90. The highest BCUT2D eigenvalue weighted by molar-refractivity contribution is 5.96. The van der Waals surface area contributed by atoms with Crippen LogP contribution in [0.1, 0.15) is 35.8 Å². The van der Waals surface area contributed by atoms with Crippen molar-refractivity contribution >= 4 is 11.9 Å². The summed E-state index contributed by atoms with van der Waals surface area (Å²) in [5.74, 6) is -0.499. The number of amides is 1. The fourth-order valence-electron chi connectivity index (χ4n) is 3.02. The molecule has 0 radical (unpaired) electrons. The first kappa shape index (κ1) is 25.9. The zero-order valence-corrected chi connectivity index (χ0v) is 19.7. The van der Waals surface area contributed by atoms with E-state index in [9.17, 15) is 14.9 Å². The highest BCUT2D eigenvalue weighted by Gasteiger charge is 2.21. The molecule has 2 rings (SSSR count). The Morgan fingerprint density at radius 3 is 2.12 bits per heavy atom. The molecule has 0 fully saturated rings. The number of nitriles is 1. The monoisotopic (exact) mass is 468 g/mol. The van der Waals surface area contributed by atoms with Crippen molar-refractivity contribution in [2.45, 2.75) is 19.9 Å². The Kier molecular flexibility index (Phi) is 9.58. The highest BCUT2D eigenvalue weighted by Crippen LogP contribution is 2.38. The van der Waals surface area contributed by atoms with Crippen molar-refractivity contribution in [2.24, 2.45) is 0 Å². The van der Waals surface area contributed by atoms with Crippen LogP contribution in [0.15, 0.2) is 53.9 Å². The standard InChI is InChI=1S/C24H28N4O6/c1-6-34-24(30)18(14-25)22(26-15(2)16-10-8-7-9-11-16)27-28-23(29)17-12-19(31-3)21(33-5)20(13-17)32-4/h7-13,15,26-27H,6H2,1-5H3,(H,28,29)/b22-18+/t15-/m1/s1. The van der Waals surface area contributed by atoms with Gasteiger partial charge in [-0.3, -0.25) is 15.6 Å². The van der Waals surface area contributed by atoms with Gasteiger partial charge < -0.3 is 24.3 Å². The summed E-state index contributed by atoms with van der Waals surface area (Å²) in [6, 6.07) is 13.9. The summed E-state index contributed by atoms with van der Waals surface area (Å²) < 4.78 is 20.8. The van der Waals surface area contributed by atoms with E-state index < -0.39 is 11.9 Å². The number of hydrogen-bond acceptors (Lipinski definition) is 9. The molecule has 2 aromatic rings. The van der Waals surface area contributed by atoms with Gasteiger partial charge in [0.15, 0.2) is 17.1 Å². The minimum absolute atomic E-state index is 0.0157. The lowest BCUT2D eigenvalue weighted by molar-refractivity contribution is -0.138. The van der Waals surface area contributed by atoms with Crippen LogP contribution in [0.4, 0.5) is 0 Å². The van der Waals surface area contributed by atoms with E-state index in [0.717, 1.165) is 5.56 Å². The number of carbonyl (C=O) groups excluding carboxylic acids is 2. The maximum absolute atomic E-state index is 12.9. The number of hydrogen-bond donors (Lipinski definition) is 3. The van der Waals surface area contributed by atoms with Crippen molar-refractivity contribution in [2.75, 3.05) is 27.9 Å². The maximum atomic E-state index is 12.9. The summed E-state index contributed by atoms with van der Waals surface area (Å²) in [6.45, 7) is 3.56. The molecule has 1 atom stereocenters. The van der Waals surface area contributed by atoms with E-state index in [2.05, 4.69) is 16.2 Å². The number of nitrogens with zero attached hydrogens (tertiary/aromatic N) is 1. The highest BCUT2D eigenvalue weighted by atomic mass is 16.5. The van der Waals surface area contributed by atoms with E-state index in [4.69, 9.17) is 18.9 Å². The Morgan fingerprint density at radius 1 is 1.00 bits per heavy atom. The molecule has 0 saturated carbocycles. The SMILES string of the molecule is CCOC(=O)/C(C#N)=C(/NNC(=O)c1cc(OC)c(OC)c(OC)c1)N[C@H](C)c1ccccc1. The van der Waals surface area contributed by atoms with Crippen LogP contribution in [0, 0.1) is 11.3 Å². The molecule has 0 aromatic heterocycles. The van der Waals surface area contributed by atoms with Crippen LogP contribution in [0.2, 0.25) is 0 Å². The van der Waals surface area contributed by atoms with Crippen molar-refractivity contribution in [1.82, 2.24) is 16.2 Å². The molecule has 2 aromatic carbocycles. The summed E-state index contributed by atoms with van der Waals surface area (Å²) >= 11 is 0. The Bertz CT molecular complexity index is 1050. The molecule has 0 saturated heterocycles. The molecular weight excluding hydrogens is 440 g/mol. The van der Waals surface area contributed by atoms with Crippen LogP contribution in [0.5, 0.6) is 17.2 Å². The van der Waals surface area contributed by atoms with Crippen LogP contribution in [0.25, 0.3) is 0 Å². The van der Waals surface area contributed by atoms with E-state index in [1.165, 1.54) is 33.5 Å². The Hall–Kier alpha value is -4.39. The molecule has 10 nitrogen and oxygen atoms in total. The third-order valence-corrected chi connectivity index (χ3v) is 4.73. The molecule has 34 heavy (non-hydrogen) atoms. The molecule has 0 heterocycles. The van der Waals surface area contributed by atoms with Gasteiger partial charge in [0.2, 0.25) is 5.75 Å². The predicted octanol–water partition coefficient (Wildman–Crippen LogP) is 2.60. The third kappa shape index (κ3) is 6.32. The average molecular weight is 469 g/mol. The number of ether oxygens (including phenoxy) is 4. The second-order valence-corrected chi connectivity index (χ2v) is 6.85. The number of rotatable bonds is 11. The Balaban J connectivity index is 2.34. The largest absolute Gasteiger partial charge is 0.493 e. The molecule has 0 unspecified atom stereocenters. The van der Waals surface area contributed by atoms with Gasteiger partial charge in [0, 0.05) is 11.6 Å². The number of methoxy groups -OCH3 is 3. The second kappa shape index (κ2) is 12.6. The molecule has 0 bridgehead atoms. The number of carbonyl (C=O) groups is 2. The van der Waals surface area contributed by atoms with Crippen LogP contribution in [-0.4, -0.2) is 39.8 Å². The number of nitrogens with one attached hydrogen (secondary N) is 3. The van der Waals surface area contributed by atoms with Crippen LogP contribution in [0.3, 0.4) is 0 Å². The van der Waals surface area contributed by atoms with Crippen molar-refractivity contribution < 1.29 is 28.5 Å². The normalized spacial score (nSPS) is 11.8. The van der Waals surface area contributed by atoms with Gasteiger partial charge in [-0.15, -0.1) is 0 Å².